The van der Waals surface area contributed by atoms with Gasteiger partial charge in [-0.25, -0.2) is 4.98 Å². The summed E-state index contributed by atoms with van der Waals surface area (Å²) >= 11 is 0. The summed E-state index contributed by atoms with van der Waals surface area (Å²) < 4.78 is 1.91. The number of benzene rings is 1. The minimum atomic E-state index is 0.0530. The Balaban J connectivity index is 2.05. The van der Waals surface area contributed by atoms with Crippen LogP contribution in [-0.2, 0) is 17.7 Å². The maximum absolute atomic E-state index is 5.51. The van der Waals surface area contributed by atoms with E-state index in [0.717, 1.165) is 17.8 Å². The first kappa shape index (κ1) is 14.8. The van der Waals surface area contributed by atoms with Gasteiger partial charge in [0.2, 0.25) is 0 Å². The van der Waals surface area contributed by atoms with Crippen LogP contribution in [0.4, 0.5) is 0 Å². The van der Waals surface area contributed by atoms with Gasteiger partial charge in [-0.3, -0.25) is 4.57 Å². The van der Waals surface area contributed by atoms with Crippen LogP contribution in [0.2, 0.25) is 0 Å². The van der Waals surface area contributed by atoms with Crippen LogP contribution in [0.3, 0.4) is 0 Å². The number of rotatable bonds is 3. The summed E-state index contributed by atoms with van der Waals surface area (Å²) in [5.74, 6) is 0.794. The highest BCUT2D eigenvalue weighted by Crippen LogP contribution is 2.26. The van der Waals surface area contributed by atoms with Crippen LogP contribution in [0.1, 0.15) is 48.9 Å². The Hall–Kier alpha value is -2.10. The Morgan fingerprint density at radius 3 is 2.82 bits per heavy atom. The SMILES string of the molecule is Cc1cc(/C(=N/OC(C)C)n2ccnc2)cc2c1CCCC2. The Kier molecular flexibility index (Phi) is 4.27. The normalized spacial score (nSPS) is 15.0. The van der Waals surface area contributed by atoms with Gasteiger partial charge in [0.05, 0.1) is 0 Å². The molecule has 116 valence electrons. The summed E-state index contributed by atoms with van der Waals surface area (Å²) in [4.78, 5) is 9.64. The van der Waals surface area contributed by atoms with E-state index in [0.29, 0.717) is 0 Å². The third-order valence-corrected chi connectivity index (χ3v) is 4.05. The van der Waals surface area contributed by atoms with Gasteiger partial charge in [-0.1, -0.05) is 5.16 Å². The summed E-state index contributed by atoms with van der Waals surface area (Å²) in [5, 5.41) is 4.37. The van der Waals surface area contributed by atoms with Crippen LogP contribution in [0.25, 0.3) is 0 Å². The lowest BCUT2D eigenvalue weighted by molar-refractivity contribution is 0.0853. The molecule has 4 heteroatoms. The van der Waals surface area contributed by atoms with Gasteiger partial charge < -0.3 is 4.84 Å². The summed E-state index contributed by atoms with van der Waals surface area (Å²) in [6, 6.07) is 4.48. The molecule has 0 atom stereocenters. The number of fused-ring (bicyclic) bond motifs is 1. The third kappa shape index (κ3) is 3.06. The summed E-state index contributed by atoms with van der Waals surface area (Å²) in [7, 11) is 0. The summed E-state index contributed by atoms with van der Waals surface area (Å²) in [6.45, 7) is 6.16. The van der Waals surface area contributed by atoms with Crippen LogP contribution in [0.15, 0.2) is 36.0 Å². The molecule has 0 fully saturated rings. The number of nitrogens with zero attached hydrogens (tertiary/aromatic N) is 3. The van der Waals surface area contributed by atoms with Crippen molar-refractivity contribution in [2.24, 2.45) is 5.16 Å². The zero-order chi connectivity index (χ0) is 15.5. The van der Waals surface area contributed by atoms with E-state index in [-0.39, 0.29) is 6.10 Å². The number of aryl methyl sites for hydroxylation is 2. The van der Waals surface area contributed by atoms with Gasteiger partial charge in [-0.15, -0.1) is 0 Å². The number of hydrogen-bond acceptors (Lipinski definition) is 3. The Bertz CT molecular complexity index is 672. The molecule has 0 aliphatic heterocycles. The fourth-order valence-corrected chi connectivity index (χ4v) is 3.01. The Morgan fingerprint density at radius 1 is 1.27 bits per heavy atom. The van der Waals surface area contributed by atoms with E-state index in [1.807, 2.05) is 24.6 Å². The fraction of sp³-hybridized carbons (Fsp3) is 0.444. The lowest BCUT2D eigenvalue weighted by Crippen LogP contribution is -2.16. The summed E-state index contributed by atoms with van der Waals surface area (Å²) in [5.41, 5.74) is 5.42. The van der Waals surface area contributed by atoms with Crippen molar-refractivity contribution in [1.29, 1.82) is 0 Å². The van der Waals surface area contributed by atoms with Gasteiger partial charge in [0, 0.05) is 18.0 Å². The molecule has 0 N–H and O–H groups in total. The molecule has 0 amide bonds. The van der Waals surface area contributed by atoms with Crippen molar-refractivity contribution in [3.05, 3.63) is 53.1 Å². The van der Waals surface area contributed by atoms with E-state index in [1.54, 1.807) is 12.5 Å². The molecule has 0 saturated carbocycles. The Labute approximate surface area is 131 Å². The smallest absolute Gasteiger partial charge is 0.184 e. The first-order chi connectivity index (χ1) is 10.6. The second-order valence-corrected chi connectivity index (χ2v) is 6.18. The number of hydrogen-bond donors (Lipinski definition) is 0. The van der Waals surface area contributed by atoms with Crippen molar-refractivity contribution in [2.75, 3.05) is 0 Å². The minimum absolute atomic E-state index is 0.0530. The molecule has 1 aromatic carbocycles. The van der Waals surface area contributed by atoms with Crippen molar-refractivity contribution in [2.45, 2.75) is 52.6 Å². The third-order valence-electron chi connectivity index (χ3n) is 4.05. The standard InChI is InChI=1S/C18H23N3O/c1-13(2)22-20-18(21-9-8-19-12-21)16-10-14(3)17-7-5-4-6-15(17)11-16/h8-13H,4-7H2,1-3H3/b20-18-. The molecule has 0 spiro atoms. The maximum Gasteiger partial charge on any atom is 0.184 e. The largest absolute Gasteiger partial charge is 0.391 e. The molecular formula is C18H23N3O. The topological polar surface area (TPSA) is 39.4 Å². The molecule has 1 aromatic heterocycles. The molecule has 0 bridgehead atoms. The highest BCUT2D eigenvalue weighted by Gasteiger charge is 2.16. The molecule has 0 unspecified atom stereocenters. The second kappa shape index (κ2) is 6.34. The molecular weight excluding hydrogens is 274 g/mol. The predicted octanol–water partition coefficient (Wildman–Crippen LogP) is 3.71. The number of aromatic nitrogens is 2. The second-order valence-electron chi connectivity index (χ2n) is 6.18. The van der Waals surface area contributed by atoms with E-state index in [9.17, 15) is 0 Å². The van der Waals surface area contributed by atoms with Crippen LogP contribution >= 0.6 is 0 Å². The average molecular weight is 297 g/mol. The van der Waals surface area contributed by atoms with Gasteiger partial charge in [0.25, 0.3) is 0 Å². The van der Waals surface area contributed by atoms with E-state index >= 15 is 0 Å². The van der Waals surface area contributed by atoms with E-state index < -0.39 is 0 Å². The van der Waals surface area contributed by atoms with Crippen LogP contribution in [0.5, 0.6) is 0 Å². The van der Waals surface area contributed by atoms with Gasteiger partial charge in [-0.05, 0) is 75.3 Å². The molecule has 3 rings (SSSR count). The molecule has 1 aliphatic rings. The van der Waals surface area contributed by atoms with Gasteiger partial charge >= 0.3 is 0 Å². The van der Waals surface area contributed by atoms with Crippen LogP contribution in [0, 0.1) is 6.92 Å². The lowest BCUT2D eigenvalue weighted by Gasteiger charge is -2.20. The quantitative estimate of drug-likeness (QED) is 0.492. The molecule has 4 nitrogen and oxygen atoms in total. The fourth-order valence-electron chi connectivity index (χ4n) is 3.01. The average Bonchev–Trinajstić information content (AvgIpc) is 3.01. The summed E-state index contributed by atoms with van der Waals surface area (Å²) in [6.07, 6.45) is 10.4. The minimum Gasteiger partial charge on any atom is -0.391 e. The van der Waals surface area contributed by atoms with E-state index in [1.165, 1.54) is 36.0 Å². The molecule has 2 aromatic rings. The van der Waals surface area contributed by atoms with E-state index in [2.05, 4.69) is 29.2 Å². The first-order valence-electron chi connectivity index (χ1n) is 8.00. The Morgan fingerprint density at radius 2 is 2.09 bits per heavy atom. The molecule has 1 aliphatic carbocycles. The first-order valence-corrected chi connectivity index (χ1v) is 8.00. The lowest BCUT2D eigenvalue weighted by atomic mass is 9.87. The molecule has 22 heavy (non-hydrogen) atoms. The molecule has 0 saturated heterocycles. The van der Waals surface area contributed by atoms with Crippen molar-refractivity contribution >= 4 is 5.84 Å². The molecule has 0 radical (unpaired) electrons. The zero-order valence-corrected chi connectivity index (χ0v) is 13.5. The van der Waals surface area contributed by atoms with Gasteiger partial charge in [0.1, 0.15) is 12.4 Å². The monoisotopic (exact) mass is 297 g/mol. The highest BCUT2D eigenvalue weighted by molar-refractivity contribution is 6.00. The molecule has 1 heterocycles. The van der Waals surface area contributed by atoms with Crippen molar-refractivity contribution in [3.8, 4) is 0 Å². The van der Waals surface area contributed by atoms with Gasteiger partial charge in [0.15, 0.2) is 5.84 Å². The van der Waals surface area contributed by atoms with Crippen LogP contribution < -0.4 is 0 Å². The van der Waals surface area contributed by atoms with Crippen molar-refractivity contribution in [1.82, 2.24) is 9.55 Å². The number of imidazole rings is 1. The highest BCUT2D eigenvalue weighted by atomic mass is 16.6. The van der Waals surface area contributed by atoms with Gasteiger partial charge in [-0.2, -0.15) is 0 Å². The zero-order valence-electron chi connectivity index (χ0n) is 13.5. The van der Waals surface area contributed by atoms with Crippen LogP contribution in [-0.4, -0.2) is 21.5 Å². The maximum atomic E-state index is 5.51. The van der Waals surface area contributed by atoms with Crippen molar-refractivity contribution < 1.29 is 4.84 Å². The van der Waals surface area contributed by atoms with E-state index in [4.69, 9.17) is 4.84 Å². The predicted molar refractivity (Wildman–Crippen MR) is 88.2 cm³/mol. The number of oxime groups is 1. The van der Waals surface area contributed by atoms with Crippen molar-refractivity contribution in [3.63, 3.8) is 0 Å².